The zero-order valence-corrected chi connectivity index (χ0v) is 19.9. The van der Waals surface area contributed by atoms with Crippen LogP contribution in [0.3, 0.4) is 0 Å². The fourth-order valence-electron chi connectivity index (χ4n) is 3.23. The van der Waals surface area contributed by atoms with Gasteiger partial charge < -0.3 is 4.74 Å². The first-order valence-corrected chi connectivity index (χ1v) is 12.8. The third-order valence-electron chi connectivity index (χ3n) is 4.86. The van der Waals surface area contributed by atoms with Gasteiger partial charge in [0.15, 0.2) is 11.7 Å². The average Bonchev–Trinajstić information content (AvgIpc) is 3.46. The van der Waals surface area contributed by atoms with E-state index in [0.29, 0.717) is 39.7 Å². The van der Waals surface area contributed by atoms with Crippen LogP contribution in [0.25, 0.3) is 11.3 Å². The molecular formula is C21H19Cl2N3O4S2. The van der Waals surface area contributed by atoms with Crippen molar-refractivity contribution in [3.63, 3.8) is 0 Å². The number of rotatable bonds is 7. The van der Waals surface area contributed by atoms with E-state index in [1.807, 2.05) is 0 Å². The molecule has 0 atom stereocenters. The van der Waals surface area contributed by atoms with Crippen LogP contribution in [0.2, 0.25) is 10.0 Å². The molecule has 0 saturated carbocycles. The van der Waals surface area contributed by atoms with Crippen LogP contribution in [0.4, 0.5) is 5.13 Å². The predicted molar refractivity (Wildman–Crippen MR) is 126 cm³/mol. The van der Waals surface area contributed by atoms with Gasteiger partial charge in [-0.15, -0.1) is 11.3 Å². The molecule has 0 aliphatic carbocycles. The molecule has 0 radical (unpaired) electrons. The highest BCUT2D eigenvalue weighted by molar-refractivity contribution is 7.89. The van der Waals surface area contributed by atoms with Gasteiger partial charge >= 0.3 is 0 Å². The second kappa shape index (κ2) is 9.76. The van der Waals surface area contributed by atoms with Crippen LogP contribution >= 0.6 is 34.5 Å². The van der Waals surface area contributed by atoms with Gasteiger partial charge in [-0.1, -0.05) is 35.3 Å². The first kappa shape index (κ1) is 23.0. The number of sulfonamides is 1. The van der Waals surface area contributed by atoms with E-state index in [2.05, 4.69) is 10.3 Å². The molecule has 4 rings (SSSR count). The van der Waals surface area contributed by atoms with Crippen molar-refractivity contribution < 1.29 is 17.9 Å². The summed E-state index contributed by atoms with van der Waals surface area (Å²) in [5.41, 5.74) is 1.39. The van der Waals surface area contributed by atoms with Crippen LogP contribution in [-0.4, -0.2) is 43.3 Å². The number of carbonyl (C=O) groups excluding carboxylic acids is 1. The highest BCUT2D eigenvalue weighted by atomic mass is 35.5. The summed E-state index contributed by atoms with van der Waals surface area (Å²) in [4.78, 5) is 16.9. The van der Waals surface area contributed by atoms with E-state index in [-0.39, 0.29) is 17.4 Å². The molecule has 32 heavy (non-hydrogen) atoms. The summed E-state index contributed by atoms with van der Waals surface area (Å²) in [6.07, 6.45) is 1.78. The first-order valence-electron chi connectivity index (χ1n) is 9.77. The molecular weight excluding hydrogens is 493 g/mol. The van der Waals surface area contributed by atoms with Gasteiger partial charge in [0.2, 0.25) is 10.0 Å². The molecule has 1 aliphatic rings. The number of amides is 1. The van der Waals surface area contributed by atoms with Crippen LogP contribution in [0.15, 0.2) is 52.7 Å². The largest absolute Gasteiger partial charge is 0.482 e. The molecule has 11 heteroatoms. The smallest absolute Gasteiger partial charge is 0.264 e. The summed E-state index contributed by atoms with van der Waals surface area (Å²) in [5, 5.41) is 5.67. The van der Waals surface area contributed by atoms with E-state index in [0.717, 1.165) is 18.4 Å². The lowest BCUT2D eigenvalue weighted by Gasteiger charge is -2.15. The van der Waals surface area contributed by atoms with Crippen LogP contribution in [-0.2, 0) is 14.8 Å². The number of benzene rings is 2. The van der Waals surface area contributed by atoms with Crippen molar-refractivity contribution in [3.8, 4) is 17.0 Å². The summed E-state index contributed by atoms with van der Waals surface area (Å²) in [6.45, 7) is 0.889. The minimum Gasteiger partial charge on any atom is -0.482 e. The topological polar surface area (TPSA) is 88.6 Å². The molecule has 168 valence electrons. The summed E-state index contributed by atoms with van der Waals surface area (Å²) >= 11 is 13.1. The zero-order valence-electron chi connectivity index (χ0n) is 16.8. The van der Waals surface area contributed by atoms with Gasteiger partial charge in [0.25, 0.3) is 5.91 Å². The van der Waals surface area contributed by atoms with Gasteiger partial charge in [0.05, 0.1) is 15.6 Å². The average molecular weight is 512 g/mol. The highest BCUT2D eigenvalue weighted by Gasteiger charge is 2.27. The van der Waals surface area contributed by atoms with Crippen LogP contribution < -0.4 is 10.1 Å². The maximum absolute atomic E-state index is 12.6. The predicted octanol–water partition coefficient (Wildman–Crippen LogP) is 4.92. The molecule has 0 unspecified atom stereocenters. The van der Waals surface area contributed by atoms with E-state index in [1.54, 1.807) is 41.8 Å². The second-order valence-electron chi connectivity index (χ2n) is 7.09. The number of halogens is 2. The van der Waals surface area contributed by atoms with E-state index in [4.69, 9.17) is 27.9 Å². The van der Waals surface area contributed by atoms with Gasteiger partial charge in [-0.25, -0.2) is 13.4 Å². The summed E-state index contributed by atoms with van der Waals surface area (Å²) < 4.78 is 32.2. The van der Waals surface area contributed by atoms with Crippen LogP contribution in [0, 0.1) is 0 Å². The lowest BCUT2D eigenvalue weighted by molar-refractivity contribution is -0.118. The number of ether oxygens (including phenoxy) is 1. The monoisotopic (exact) mass is 511 g/mol. The summed E-state index contributed by atoms with van der Waals surface area (Å²) in [5.74, 6) is -0.0287. The fraction of sp³-hybridized carbons (Fsp3) is 0.238. The van der Waals surface area contributed by atoms with E-state index in [9.17, 15) is 13.2 Å². The molecule has 2 aromatic carbocycles. The lowest BCUT2D eigenvalue weighted by Crippen LogP contribution is -2.27. The lowest BCUT2D eigenvalue weighted by atomic mass is 10.2. The molecule has 1 aromatic heterocycles. The Kier molecular flexibility index (Phi) is 7.02. The number of nitrogens with one attached hydrogen (secondary N) is 1. The normalized spacial score (nSPS) is 14.4. The molecule has 3 aromatic rings. The van der Waals surface area contributed by atoms with E-state index >= 15 is 0 Å². The number of thiazole rings is 1. The second-order valence-corrected chi connectivity index (χ2v) is 10.7. The van der Waals surface area contributed by atoms with Crippen molar-refractivity contribution in [3.05, 3.63) is 57.9 Å². The molecule has 0 bridgehead atoms. The SMILES string of the molecule is O=C(COc1ccc(Cl)cc1Cl)Nc1nc(-c2ccc(S(=O)(=O)N3CCCC3)cc2)cs1. The summed E-state index contributed by atoms with van der Waals surface area (Å²) in [6, 6.07) is 11.4. The maximum Gasteiger partial charge on any atom is 0.264 e. The van der Waals surface area contributed by atoms with E-state index < -0.39 is 10.0 Å². The minimum atomic E-state index is -3.46. The number of anilines is 1. The third-order valence-corrected chi connectivity index (χ3v) is 8.06. The quantitative estimate of drug-likeness (QED) is 0.486. The van der Waals surface area contributed by atoms with Crippen LogP contribution in [0.1, 0.15) is 12.8 Å². The van der Waals surface area contributed by atoms with Crippen molar-refractivity contribution in [2.75, 3.05) is 25.0 Å². The Hall–Kier alpha value is -2.17. The minimum absolute atomic E-state index is 0.237. The molecule has 1 fully saturated rings. The molecule has 1 N–H and O–H groups in total. The number of nitrogens with zero attached hydrogens (tertiary/aromatic N) is 2. The third kappa shape index (κ3) is 5.24. The van der Waals surface area contributed by atoms with Crippen molar-refractivity contribution in [2.24, 2.45) is 0 Å². The Labute approximate surface area is 200 Å². The Morgan fingerprint density at radius 1 is 1.12 bits per heavy atom. The van der Waals surface area contributed by atoms with Gasteiger partial charge in [-0.2, -0.15) is 4.31 Å². The fourth-order valence-corrected chi connectivity index (χ4v) is 5.95. The maximum atomic E-state index is 12.6. The zero-order chi connectivity index (χ0) is 22.7. The first-order chi connectivity index (χ1) is 15.3. The Morgan fingerprint density at radius 3 is 2.53 bits per heavy atom. The van der Waals surface area contributed by atoms with Gasteiger partial charge in [0, 0.05) is 29.1 Å². The Balaban J connectivity index is 1.37. The molecule has 2 heterocycles. The Morgan fingerprint density at radius 2 is 1.84 bits per heavy atom. The number of hydrogen-bond donors (Lipinski definition) is 1. The number of carbonyl (C=O) groups is 1. The Bertz CT molecular complexity index is 1220. The summed E-state index contributed by atoms with van der Waals surface area (Å²) in [7, 11) is -3.46. The highest BCUT2D eigenvalue weighted by Crippen LogP contribution is 2.29. The number of hydrogen-bond acceptors (Lipinski definition) is 6. The van der Waals surface area contributed by atoms with Crippen molar-refractivity contribution >= 4 is 55.6 Å². The molecule has 1 saturated heterocycles. The molecule has 7 nitrogen and oxygen atoms in total. The van der Waals surface area contributed by atoms with Gasteiger partial charge in [-0.3, -0.25) is 10.1 Å². The molecule has 1 amide bonds. The van der Waals surface area contributed by atoms with Crippen LogP contribution in [0.5, 0.6) is 5.75 Å². The molecule has 0 spiro atoms. The van der Waals surface area contributed by atoms with Crippen molar-refractivity contribution in [1.29, 1.82) is 0 Å². The standard InChI is InChI=1S/C21H19Cl2N3O4S2/c22-15-5-8-19(17(23)11-15)30-12-20(27)25-21-24-18(13-31-21)14-3-6-16(7-4-14)32(28,29)26-9-1-2-10-26/h3-8,11,13H,1-2,9-10,12H2,(H,24,25,27). The van der Waals surface area contributed by atoms with Gasteiger partial charge in [0.1, 0.15) is 5.75 Å². The van der Waals surface area contributed by atoms with Crippen molar-refractivity contribution in [1.82, 2.24) is 9.29 Å². The molecule has 1 aliphatic heterocycles. The number of aromatic nitrogens is 1. The van der Waals surface area contributed by atoms with Gasteiger partial charge in [-0.05, 0) is 43.2 Å². The van der Waals surface area contributed by atoms with Crippen molar-refractivity contribution in [2.45, 2.75) is 17.7 Å². The van der Waals surface area contributed by atoms with E-state index in [1.165, 1.54) is 21.7 Å².